The maximum atomic E-state index is 13.6. The van der Waals surface area contributed by atoms with Crippen LogP contribution in [0, 0.1) is 11.6 Å². The third kappa shape index (κ3) is 3.37. The molecule has 0 aromatic heterocycles. The predicted octanol–water partition coefficient (Wildman–Crippen LogP) is 3.50. The van der Waals surface area contributed by atoms with Crippen molar-refractivity contribution >= 4 is 11.6 Å². The predicted molar refractivity (Wildman–Crippen MR) is 78.2 cm³/mol. The first-order valence-electron chi connectivity index (χ1n) is 6.55. The van der Waals surface area contributed by atoms with Gasteiger partial charge < -0.3 is 10.6 Å². The average molecular weight is 290 g/mol. The van der Waals surface area contributed by atoms with Crippen molar-refractivity contribution < 1.29 is 13.6 Å². The molecule has 2 rings (SSSR count). The summed E-state index contributed by atoms with van der Waals surface area (Å²) >= 11 is 0. The SMILES string of the molecule is CNc1c(F)cccc1C(=O)NC(C)c1cccc(F)c1. The van der Waals surface area contributed by atoms with E-state index in [1.165, 1.54) is 30.3 Å². The van der Waals surface area contributed by atoms with E-state index in [0.717, 1.165) is 0 Å². The van der Waals surface area contributed by atoms with Gasteiger partial charge in [-0.05, 0) is 36.8 Å². The van der Waals surface area contributed by atoms with Crippen molar-refractivity contribution in [2.24, 2.45) is 0 Å². The van der Waals surface area contributed by atoms with Crippen LogP contribution in [0.1, 0.15) is 28.9 Å². The minimum Gasteiger partial charge on any atom is -0.385 e. The van der Waals surface area contributed by atoms with Gasteiger partial charge in [-0.2, -0.15) is 0 Å². The molecule has 110 valence electrons. The van der Waals surface area contributed by atoms with Gasteiger partial charge >= 0.3 is 0 Å². The van der Waals surface area contributed by atoms with Crippen molar-refractivity contribution in [1.82, 2.24) is 5.32 Å². The Morgan fingerprint density at radius 2 is 1.86 bits per heavy atom. The zero-order chi connectivity index (χ0) is 15.4. The molecule has 3 nitrogen and oxygen atoms in total. The fraction of sp³-hybridized carbons (Fsp3) is 0.188. The molecule has 2 N–H and O–H groups in total. The summed E-state index contributed by atoms with van der Waals surface area (Å²) in [6, 6.07) is 9.88. The van der Waals surface area contributed by atoms with E-state index in [4.69, 9.17) is 0 Å². The van der Waals surface area contributed by atoms with Crippen LogP contribution in [0.5, 0.6) is 0 Å². The van der Waals surface area contributed by atoms with Crippen molar-refractivity contribution in [2.45, 2.75) is 13.0 Å². The van der Waals surface area contributed by atoms with E-state index in [2.05, 4.69) is 10.6 Å². The molecule has 1 atom stereocenters. The lowest BCUT2D eigenvalue weighted by atomic mass is 10.1. The molecule has 0 aliphatic rings. The van der Waals surface area contributed by atoms with Gasteiger partial charge in [-0.25, -0.2) is 8.78 Å². The number of rotatable bonds is 4. The number of para-hydroxylation sites is 1. The molecule has 21 heavy (non-hydrogen) atoms. The van der Waals surface area contributed by atoms with Crippen LogP contribution in [0.3, 0.4) is 0 Å². The summed E-state index contributed by atoms with van der Waals surface area (Å²) in [5.74, 6) is -1.28. The Balaban J connectivity index is 2.20. The summed E-state index contributed by atoms with van der Waals surface area (Å²) in [5.41, 5.74) is 0.993. The van der Waals surface area contributed by atoms with E-state index in [-0.39, 0.29) is 23.1 Å². The Bertz CT molecular complexity index is 658. The first-order chi connectivity index (χ1) is 10.0. The molecule has 2 aromatic rings. The number of anilines is 1. The molecular weight excluding hydrogens is 274 g/mol. The van der Waals surface area contributed by atoms with Crippen LogP contribution in [-0.2, 0) is 0 Å². The van der Waals surface area contributed by atoms with E-state index in [9.17, 15) is 13.6 Å². The Hall–Kier alpha value is -2.43. The fourth-order valence-electron chi connectivity index (χ4n) is 2.10. The number of amides is 1. The second kappa shape index (κ2) is 6.35. The molecule has 0 heterocycles. The fourth-order valence-corrected chi connectivity index (χ4v) is 2.10. The van der Waals surface area contributed by atoms with Crippen molar-refractivity contribution in [1.29, 1.82) is 0 Å². The van der Waals surface area contributed by atoms with Crippen LogP contribution in [-0.4, -0.2) is 13.0 Å². The zero-order valence-electron chi connectivity index (χ0n) is 11.8. The molecule has 1 unspecified atom stereocenters. The number of halogens is 2. The normalized spacial score (nSPS) is 11.8. The van der Waals surface area contributed by atoms with Gasteiger partial charge in [0, 0.05) is 7.05 Å². The number of benzene rings is 2. The number of carbonyl (C=O) groups excluding carboxylic acids is 1. The molecule has 0 radical (unpaired) electrons. The Labute approximate surface area is 122 Å². The van der Waals surface area contributed by atoms with Crippen molar-refractivity contribution in [3.63, 3.8) is 0 Å². The average Bonchev–Trinajstić information content (AvgIpc) is 2.46. The van der Waals surface area contributed by atoms with E-state index in [1.54, 1.807) is 26.1 Å². The highest BCUT2D eigenvalue weighted by atomic mass is 19.1. The van der Waals surface area contributed by atoms with Crippen molar-refractivity contribution in [3.05, 3.63) is 65.2 Å². The summed E-state index contributed by atoms with van der Waals surface area (Å²) < 4.78 is 26.8. The van der Waals surface area contributed by atoms with Gasteiger partial charge in [-0.3, -0.25) is 4.79 Å². The molecule has 0 fully saturated rings. The first-order valence-corrected chi connectivity index (χ1v) is 6.55. The topological polar surface area (TPSA) is 41.1 Å². The molecule has 0 aliphatic heterocycles. The molecule has 0 saturated heterocycles. The molecule has 0 spiro atoms. The quantitative estimate of drug-likeness (QED) is 0.905. The lowest BCUT2D eigenvalue weighted by Gasteiger charge is -2.16. The highest BCUT2D eigenvalue weighted by Crippen LogP contribution is 2.21. The number of nitrogens with one attached hydrogen (secondary N) is 2. The number of hydrogen-bond acceptors (Lipinski definition) is 2. The van der Waals surface area contributed by atoms with Gasteiger partial charge in [0.2, 0.25) is 0 Å². The van der Waals surface area contributed by atoms with Gasteiger partial charge in [-0.15, -0.1) is 0 Å². The molecule has 2 aromatic carbocycles. The van der Waals surface area contributed by atoms with Gasteiger partial charge in [0.25, 0.3) is 5.91 Å². The highest BCUT2D eigenvalue weighted by molar-refractivity contribution is 5.99. The summed E-state index contributed by atoms with van der Waals surface area (Å²) in [6.45, 7) is 1.74. The summed E-state index contributed by atoms with van der Waals surface area (Å²) in [6.07, 6.45) is 0. The van der Waals surface area contributed by atoms with E-state index >= 15 is 0 Å². The summed E-state index contributed by atoms with van der Waals surface area (Å²) in [7, 11) is 1.55. The molecule has 0 bridgehead atoms. The third-order valence-electron chi connectivity index (χ3n) is 3.20. The lowest BCUT2D eigenvalue weighted by Crippen LogP contribution is -2.27. The number of hydrogen-bond donors (Lipinski definition) is 2. The van der Waals surface area contributed by atoms with E-state index < -0.39 is 11.7 Å². The zero-order valence-corrected chi connectivity index (χ0v) is 11.8. The van der Waals surface area contributed by atoms with Crippen LogP contribution in [0.25, 0.3) is 0 Å². The van der Waals surface area contributed by atoms with Gasteiger partial charge in [-0.1, -0.05) is 18.2 Å². The van der Waals surface area contributed by atoms with Gasteiger partial charge in [0.1, 0.15) is 11.6 Å². The van der Waals surface area contributed by atoms with Crippen LogP contribution in [0.4, 0.5) is 14.5 Å². The maximum absolute atomic E-state index is 13.6. The minimum absolute atomic E-state index is 0.140. The Morgan fingerprint density at radius 1 is 1.14 bits per heavy atom. The second-order valence-electron chi connectivity index (χ2n) is 4.66. The molecule has 0 aliphatic carbocycles. The number of carbonyl (C=O) groups is 1. The third-order valence-corrected chi connectivity index (χ3v) is 3.20. The van der Waals surface area contributed by atoms with E-state index in [1.807, 2.05) is 0 Å². The lowest BCUT2D eigenvalue weighted by molar-refractivity contribution is 0.0940. The minimum atomic E-state index is -0.497. The second-order valence-corrected chi connectivity index (χ2v) is 4.66. The van der Waals surface area contributed by atoms with Crippen LogP contribution >= 0.6 is 0 Å². The monoisotopic (exact) mass is 290 g/mol. The Kier molecular flexibility index (Phi) is 4.52. The Morgan fingerprint density at radius 3 is 2.52 bits per heavy atom. The maximum Gasteiger partial charge on any atom is 0.253 e. The van der Waals surface area contributed by atoms with Gasteiger partial charge in [0.15, 0.2) is 0 Å². The van der Waals surface area contributed by atoms with Crippen LogP contribution in [0.2, 0.25) is 0 Å². The smallest absolute Gasteiger partial charge is 0.253 e. The van der Waals surface area contributed by atoms with Gasteiger partial charge in [0.05, 0.1) is 17.3 Å². The molecule has 5 heteroatoms. The summed E-state index contributed by atoms with van der Waals surface area (Å²) in [5, 5.41) is 5.40. The van der Waals surface area contributed by atoms with Crippen molar-refractivity contribution in [2.75, 3.05) is 12.4 Å². The molecular formula is C16H16F2N2O. The largest absolute Gasteiger partial charge is 0.385 e. The molecule has 0 saturated carbocycles. The van der Waals surface area contributed by atoms with Crippen LogP contribution < -0.4 is 10.6 Å². The van der Waals surface area contributed by atoms with Crippen molar-refractivity contribution in [3.8, 4) is 0 Å². The van der Waals surface area contributed by atoms with Crippen LogP contribution in [0.15, 0.2) is 42.5 Å². The highest BCUT2D eigenvalue weighted by Gasteiger charge is 2.16. The summed E-state index contributed by atoms with van der Waals surface area (Å²) in [4.78, 5) is 12.2. The standard InChI is InChI=1S/C16H16F2N2O/c1-10(11-5-3-6-12(17)9-11)20-16(21)13-7-4-8-14(18)15(13)19-2/h3-10,19H,1-2H3,(H,20,21). The molecule has 1 amide bonds. The van der Waals surface area contributed by atoms with E-state index in [0.29, 0.717) is 5.56 Å². The first kappa shape index (κ1) is 15.0.